The second-order valence-electron chi connectivity index (χ2n) is 9.23. The van der Waals surface area contributed by atoms with Crippen molar-refractivity contribution >= 4 is 21.4 Å². The number of rotatable bonds is 8. The van der Waals surface area contributed by atoms with E-state index in [1.807, 2.05) is 86.1 Å². The Bertz CT molecular complexity index is 1350. The van der Waals surface area contributed by atoms with Crippen molar-refractivity contribution in [1.82, 2.24) is 14.3 Å². The first-order chi connectivity index (χ1) is 16.1. The molecule has 0 aliphatic carbocycles. The summed E-state index contributed by atoms with van der Waals surface area (Å²) in [6.45, 7) is 6.25. The molecule has 0 atom stereocenters. The van der Waals surface area contributed by atoms with Crippen LogP contribution in [0.15, 0.2) is 77.5 Å². The minimum absolute atomic E-state index is 0.336. The average Bonchev–Trinajstić information content (AvgIpc) is 3.43. The van der Waals surface area contributed by atoms with Crippen LogP contribution < -0.4 is 9.46 Å². The Kier molecular flexibility index (Phi) is 6.93. The number of imidazole rings is 1. The Hall–Kier alpha value is -2.94. The van der Waals surface area contributed by atoms with Crippen molar-refractivity contribution in [1.29, 1.82) is 0 Å². The van der Waals surface area contributed by atoms with Crippen LogP contribution in [0.3, 0.4) is 0 Å². The molecule has 34 heavy (non-hydrogen) atoms. The zero-order valence-electron chi connectivity index (χ0n) is 19.8. The van der Waals surface area contributed by atoms with Crippen molar-refractivity contribution in [2.45, 2.75) is 43.5 Å². The first kappa shape index (κ1) is 24.2. The predicted octanol–water partition coefficient (Wildman–Crippen LogP) is 5.34. The van der Waals surface area contributed by atoms with Gasteiger partial charge >= 0.3 is 0 Å². The largest absolute Gasteiger partial charge is 0.497 e. The molecule has 178 valence electrons. The van der Waals surface area contributed by atoms with Crippen molar-refractivity contribution in [3.8, 4) is 16.9 Å². The van der Waals surface area contributed by atoms with E-state index in [0.29, 0.717) is 22.7 Å². The van der Waals surface area contributed by atoms with Crippen molar-refractivity contribution in [2.24, 2.45) is 0 Å². The van der Waals surface area contributed by atoms with Gasteiger partial charge in [-0.3, -0.25) is 0 Å². The molecule has 2 aromatic heterocycles. The fourth-order valence-corrected chi connectivity index (χ4v) is 6.92. The molecule has 2 heterocycles. The van der Waals surface area contributed by atoms with E-state index in [2.05, 4.69) is 9.71 Å². The summed E-state index contributed by atoms with van der Waals surface area (Å²) in [6.07, 6.45) is 6.07. The first-order valence-electron chi connectivity index (χ1n) is 11.0. The first-order valence-corrected chi connectivity index (χ1v) is 13.3. The van der Waals surface area contributed by atoms with Gasteiger partial charge in [-0.05, 0) is 55.7 Å². The van der Waals surface area contributed by atoms with Gasteiger partial charge in [0, 0.05) is 41.3 Å². The summed E-state index contributed by atoms with van der Waals surface area (Å²) in [7, 11) is -2.06. The Morgan fingerprint density at radius 3 is 2.47 bits per heavy atom. The highest BCUT2D eigenvalue weighted by Crippen LogP contribution is 2.37. The third-order valence-electron chi connectivity index (χ3n) is 5.14. The van der Waals surface area contributed by atoms with E-state index in [9.17, 15) is 8.42 Å². The number of thiophene rings is 1. The number of hydrogen-bond acceptors (Lipinski definition) is 5. The van der Waals surface area contributed by atoms with Crippen molar-refractivity contribution in [3.05, 3.63) is 89.3 Å². The van der Waals surface area contributed by atoms with E-state index in [4.69, 9.17) is 4.74 Å². The molecule has 2 aromatic carbocycles. The maximum Gasteiger partial charge on any atom is 0.251 e. The van der Waals surface area contributed by atoms with Crippen molar-refractivity contribution in [3.63, 3.8) is 0 Å². The molecule has 0 radical (unpaired) electrons. The third kappa shape index (κ3) is 5.94. The lowest BCUT2D eigenvalue weighted by Crippen LogP contribution is -2.40. The van der Waals surface area contributed by atoms with Crippen LogP contribution in [-0.4, -0.2) is 30.6 Å². The molecule has 1 N–H and O–H groups in total. The van der Waals surface area contributed by atoms with Crippen LogP contribution in [0.4, 0.5) is 0 Å². The molecule has 0 fully saturated rings. The zero-order valence-corrected chi connectivity index (χ0v) is 21.4. The normalized spacial score (nSPS) is 12.1. The number of aromatic nitrogens is 2. The number of sulfonamides is 1. The lowest BCUT2D eigenvalue weighted by molar-refractivity contribution is 0.414. The molecule has 4 rings (SSSR count). The van der Waals surface area contributed by atoms with Crippen molar-refractivity contribution in [2.75, 3.05) is 7.11 Å². The smallest absolute Gasteiger partial charge is 0.251 e. The van der Waals surface area contributed by atoms with Gasteiger partial charge in [-0.25, -0.2) is 18.1 Å². The number of hydrogen-bond donors (Lipinski definition) is 1. The van der Waals surface area contributed by atoms with E-state index in [1.54, 1.807) is 19.6 Å². The average molecular weight is 496 g/mol. The maximum atomic E-state index is 13.4. The van der Waals surface area contributed by atoms with Crippen LogP contribution in [0.2, 0.25) is 0 Å². The minimum Gasteiger partial charge on any atom is -0.497 e. The molecule has 0 spiro atoms. The molecule has 4 aromatic rings. The van der Waals surface area contributed by atoms with Crippen molar-refractivity contribution < 1.29 is 13.2 Å². The lowest BCUT2D eigenvalue weighted by atomic mass is 10.0. The van der Waals surface area contributed by atoms with Crippen LogP contribution in [0.5, 0.6) is 5.75 Å². The van der Waals surface area contributed by atoms with Gasteiger partial charge in [0.2, 0.25) is 0 Å². The maximum absolute atomic E-state index is 13.4. The molecule has 0 aliphatic heterocycles. The van der Waals surface area contributed by atoms with Gasteiger partial charge < -0.3 is 9.30 Å². The van der Waals surface area contributed by atoms with Crippen LogP contribution in [0, 0.1) is 0 Å². The fourth-order valence-electron chi connectivity index (χ4n) is 3.73. The number of benzene rings is 2. The highest BCUT2D eigenvalue weighted by atomic mass is 32.2. The number of nitrogens with one attached hydrogen (secondary N) is 1. The molecule has 8 heteroatoms. The molecule has 0 amide bonds. The minimum atomic E-state index is -3.70. The third-order valence-corrected chi connectivity index (χ3v) is 8.56. The van der Waals surface area contributed by atoms with E-state index in [1.165, 1.54) is 11.3 Å². The highest BCUT2D eigenvalue weighted by Gasteiger charge is 2.27. The second-order valence-corrected chi connectivity index (χ2v) is 12.2. The quantitative estimate of drug-likeness (QED) is 0.358. The molecule has 0 saturated carbocycles. The number of methoxy groups -OCH3 is 1. The topological polar surface area (TPSA) is 73.2 Å². The van der Waals surface area contributed by atoms with Gasteiger partial charge in [0.1, 0.15) is 9.96 Å². The Morgan fingerprint density at radius 2 is 1.82 bits per heavy atom. The summed E-state index contributed by atoms with van der Waals surface area (Å²) >= 11 is 1.31. The Morgan fingerprint density at radius 1 is 1.06 bits per heavy atom. The van der Waals surface area contributed by atoms with E-state index in [-0.39, 0.29) is 0 Å². The van der Waals surface area contributed by atoms with E-state index in [0.717, 1.165) is 27.3 Å². The molecule has 0 unspecified atom stereocenters. The summed E-state index contributed by atoms with van der Waals surface area (Å²) in [5.41, 5.74) is 3.19. The lowest BCUT2D eigenvalue weighted by Gasteiger charge is -2.20. The Balaban J connectivity index is 1.70. The summed E-state index contributed by atoms with van der Waals surface area (Å²) in [4.78, 5) is 5.05. The number of nitrogens with zero attached hydrogens (tertiary/aromatic N) is 2. The molecule has 6 nitrogen and oxygen atoms in total. The van der Waals surface area contributed by atoms with Gasteiger partial charge in [0.05, 0.1) is 13.4 Å². The fraction of sp³-hybridized carbons (Fsp3) is 0.269. The standard InChI is InChI=1S/C26H29N3O3S2/c1-26(2,3)28-34(30,31)25-24(16-23(33-25)15-20-6-5-7-22(14-20)32-4)21-10-8-19(9-11-21)17-29-13-12-27-18-29/h5-14,16,18,28H,15,17H2,1-4H3. The molecule has 0 aliphatic rings. The van der Waals surface area contributed by atoms with Gasteiger partial charge in [-0.1, -0.05) is 36.4 Å². The highest BCUT2D eigenvalue weighted by molar-refractivity contribution is 7.91. The van der Waals surface area contributed by atoms with E-state index < -0.39 is 15.6 Å². The van der Waals surface area contributed by atoms with Crippen LogP contribution >= 0.6 is 11.3 Å². The molecule has 0 saturated heterocycles. The van der Waals surface area contributed by atoms with Gasteiger partial charge in [-0.15, -0.1) is 11.3 Å². The van der Waals surface area contributed by atoms with Crippen LogP contribution in [0.1, 0.15) is 36.8 Å². The second kappa shape index (κ2) is 9.74. The monoisotopic (exact) mass is 495 g/mol. The van der Waals surface area contributed by atoms with E-state index >= 15 is 0 Å². The summed E-state index contributed by atoms with van der Waals surface area (Å²) < 4.78 is 37.2. The van der Waals surface area contributed by atoms with Gasteiger partial charge in [-0.2, -0.15) is 0 Å². The van der Waals surface area contributed by atoms with Crippen LogP contribution in [0.25, 0.3) is 11.1 Å². The van der Waals surface area contributed by atoms with Crippen LogP contribution in [-0.2, 0) is 23.0 Å². The molecular weight excluding hydrogens is 466 g/mol. The predicted molar refractivity (Wildman–Crippen MR) is 137 cm³/mol. The number of ether oxygens (including phenoxy) is 1. The summed E-state index contributed by atoms with van der Waals surface area (Å²) in [6, 6.07) is 17.9. The molecular formula is C26H29N3O3S2. The van der Waals surface area contributed by atoms with Gasteiger partial charge in [0.15, 0.2) is 0 Å². The summed E-state index contributed by atoms with van der Waals surface area (Å²) in [5.74, 6) is 0.782. The molecule has 0 bridgehead atoms. The van der Waals surface area contributed by atoms with Gasteiger partial charge in [0.25, 0.3) is 10.0 Å². The SMILES string of the molecule is COc1cccc(Cc2cc(-c3ccc(Cn4ccnc4)cc3)c(S(=O)(=O)NC(C)(C)C)s2)c1. The zero-order chi connectivity index (χ0) is 24.3. The summed E-state index contributed by atoms with van der Waals surface area (Å²) in [5, 5.41) is 0. The Labute approximate surface area is 205 Å².